The number of carbonyl (C=O) groups is 1. The number of benzene rings is 2. The number of nitrogens with one attached hydrogen (secondary N) is 1. The Morgan fingerprint density at radius 3 is 2.45 bits per heavy atom. The van der Waals surface area contributed by atoms with Crippen molar-refractivity contribution in [1.82, 2.24) is 14.5 Å². The van der Waals surface area contributed by atoms with Crippen molar-refractivity contribution in [2.75, 3.05) is 39.8 Å². The first-order chi connectivity index (χ1) is 13.9. The minimum absolute atomic E-state index is 0.0133. The summed E-state index contributed by atoms with van der Waals surface area (Å²) in [5.41, 5.74) is 1.51. The molecule has 0 spiro atoms. The van der Waals surface area contributed by atoms with Crippen molar-refractivity contribution < 1.29 is 13.2 Å². The van der Waals surface area contributed by atoms with E-state index in [1.165, 1.54) is 22.0 Å². The van der Waals surface area contributed by atoms with E-state index in [4.69, 9.17) is 11.6 Å². The van der Waals surface area contributed by atoms with Crippen LogP contribution in [0.3, 0.4) is 0 Å². The van der Waals surface area contributed by atoms with E-state index < -0.39 is 10.0 Å². The van der Waals surface area contributed by atoms with Crippen LogP contribution in [0, 0.1) is 0 Å². The Kier molecular flexibility index (Phi) is 7.29. The molecule has 6 nitrogen and oxygen atoms in total. The Hall–Kier alpha value is -1.93. The van der Waals surface area contributed by atoms with Gasteiger partial charge < -0.3 is 10.2 Å². The Labute approximate surface area is 177 Å². The Balaban J connectivity index is 1.64. The lowest BCUT2D eigenvalue weighted by Gasteiger charge is -2.31. The smallest absolute Gasteiger partial charge is 0.251 e. The summed E-state index contributed by atoms with van der Waals surface area (Å²) >= 11 is 6.18. The lowest BCUT2D eigenvalue weighted by Crippen LogP contribution is -2.47. The average molecular weight is 436 g/mol. The van der Waals surface area contributed by atoms with Gasteiger partial charge >= 0.3 is 0 Å². The largest absolute Gasteiger partial charge is 0.352 e. The van der Waals surface area contributed by atoms with Gasteiger partial charge in [-0.1, -0.05) is 41.9 Å². The summed E-state index contributed by atoms with van der Waals surface area (Å²) in [6.07, 6.45) is 1.67. The summed E-state index contributed by atoms with van der Waals surface area (Å²) in [5.74, 6) is -0.301. The zero-order chi connectivity index (χ0) is 20.9. The summed E-state index contributed by atoms with van der Waals surface area (Å²) in [4.78, 5) is 14.6. The molecule has 156 valence electrons. The van der Waals surface area contributed by atoms with Gasteiger partial charge in [-0.15, -0.1) is 0 Å². The third-order valence-electron chi connectivity index (χ3n) is 5.04. The van der Waals surface area contributed by atoms with Crippen LogP contribution >= 0.6 is 11.6 Å². The number of halogens is 1. The van der Waals surface area contributed by atoms with Crippen LogP contribution in [0.1, 0.15) is 22.3 Å². The summed E-state index contributed by atoms with van der Waals surface area (Å²) in [5, 5.41) is 2.98. The van der Waals surface area contributed by atoms with E-state index in [9.17, 15) is 13.2 Å². The third-order valence-corrected chi connectivity index (χ3v) is 7.42. The van der Waals surface area contributed by atoms with E-state index >= 15 is 0 Å². The molecule has 3 rings (SSSR count). The molecule has 29 heavy (non-hydrogen) atoms. The van der Waals surface area contributed by atoms with Crippen molar-refractivity contribution in [3.63, 3.8) is 0 Å². The Morgan fingerprint density at radius 1 is 1.07 bits per heavy atom. The molecule has 1 saturated heterocycles. The number of piperazine rings is 1. The molecule has 2 aromatic rings. The first kappa shape index (κ1) is 21.8. The maximum Gasteiger partial charge on any atom is 0.251 e. The first-order valence-corrected chi connectivity index (χ1v) is 11.5. The standard InChI is InChI=1S/C21H26ClN3O3S/c1-24-12-14-25(15-13-24)29(27,28)20-16-18(9-10-19(20)22)21(26)23-11-5-8-17-6-3-2-4-7-17/h2-4,6-7,9-10,16H,5,8,11-15H2,1H3,(H,23,26). The minimum atomic E-state index is -3.74. The fourth-order valence-electron chi connectivity index (χ4n) is 3.25. The second-order valence-corrected chi connectivity index (χ2v) is 9.51. The molecule has 2 aromatic carbocycles. The van der Waals surface area contributed by atoms with Crippen LogP contribution in [0.2, 0.25) is 5.02 Å². The predicted octanol–water partition coefficient (Wildman–Crippen LogP) is 2.64. The molecule has 0 aromatic heterocycles. The van der Waals surface area contributed by atoms with Crippen molar-refractivity contribution in [3.8, 4) is 0 Å². The minimum Gasteiger partial charge on any atom is -0.352 e. The van der Waals surface area contributed by atoms with Crippen LogP contribution in [0.5, 0.6) is 0 Å². The Morgan fingerprint density at radius 2 is 1.76 bits per heavy atom. The van der Waals surface area contributed by atoms with E-state index in [1.807, 2.05) is 25.2 Å². The topological polar surface area (TPSA) is 69.7 Å². The number of aryl methyl sites for hydroxylation is 1. The van der Waals surface area contributed by atoms with E-state index in [0.29, 0.717) is 38.3 Å². The number of hydrogen-bond acceptors (Lipinski definition) is 4. The normalized spacial score (nSPS) is 15.9. The number of likely N-dealkylation sites (N-methyl/N-ethyl adjacent to an activating group) is 1. The lowest BCUT2D eigenvalue weighted by molar-refractivity contribution is 0.0953. The van der Waals surface area contributed by atoms with Crippen LogP contribution < -0.4 is 5.32 Å². The van der Waals surface area contributed by atoms with Gasteiger partial charge in [0.2, 0.25) is 10.0 Å². The second-order valence-electron chi connectivity index (χ2n) is 7.20. The summed E-state index contributed by atoms with van der Waals surface area (Å²) < 4.78 is 27.4. The average Bonchev–Trinajstić information content (AvgIpc) is 2.72. The molecular formula is C21H26ClN3O3S. The molecule has 0 radical (unpaired) electrons. The van der Waals surface area contributed by atoms with Gasteiger partial charge in [-0.25, -0.2) is 8.42 Å². The molecule has 0 aliphatic carbocycles. The summed E-state index contributed by atoms with van der Waals surface area (Å²) in [6, 6.07) is 14.5. The van der Waals surface area contributed by atoms with E-state index in [0.717, 1.165) is 12.8 Å². The maximum atomic E-state index is 13.0. The van der Waals surface area contributed by atoms with Gasteiger partial charge in [-0.3, -0.25) is 4.79 Å². The van der Waals surface area contributed by atoms with Gasteiger partial charge in [-0.2, -0.15) is 4.31 Å². The molecule has 1 aliphatic heterocycles. The number of nitrogens with zero attached hydrogens (tertiary/aromatic N) is 2. The predicted molar refractivity (Wildman–Crippen MR) is 115 cm³/mol. The van der Waals surface area contributed by atoms with E-state index in [-0.39, 0.29) is 15.8 Å². The van der Waals surface area contributed by atoms with Crippen molar-refractivity contribution in [1.29, 1.82) is 0 Å². The molecule has 0 bridgehead atoms. The highest BCUT2D eigenvalue weighted by molar-refractivity contribution is 7.89. The summed E-state index contributed by atoms with van der Waals surface area (Å²) in [6.45, 7) is 2.66. The lowest BCUT2D eigenvalue weighted by atomic mass is 10.1. The molecule has 1 heterocycles. The van der Waals surface area contributed by atoms with Crippen molar-refractivity contribution in [2.45, 2.75) is 17.7 Å². The summed E-state index contributed by atoms with van der Waals surface area (Å²) in [7, 11) is -1.78. The van der Waals surface area contributed by atoms with Crippen LogP contribution in [-0.4, -0.2) is 63.3 Å². The van der Waals surface area contributed by atoms with Gasteiger partial charge in [-0.05, 0) is 43.7 Å². The highest BCUT2D eigenvalue weighted by Crippen LogP contribution is 2.26. The number of carbonyl (C=O) groups excluding carboxylic acids is 1. The van der Waals surface area contributed by atoms with Crippen LogP contribution in [0.15, 0.2) is 53.4 Å². The van der Waals surface area contributed by atoms with Crippen molar-refractivity contribution >= 4 is 27.5 Å². The number of amides is 1. The highest BCUT2D eigenvalue weighted by Gasteiger charge is 2.29. The molecule has 0 atom stereocenters. The molecular weight excluding hydrogens is 410 g/mol. The zero-order valence-electron chi connectivity index (χ0n) is 16.5. The van der Waals surface area contributed by atoms with Crippen molar-refractivity contribution in [3.05, 3.63) is 64.7 Å². The molecule has 1 N–H and O–H groups in total. The van der Waals surface area contributed by atoms with Gasteiger partial charge in [0.15, 0.2) is 0 Å². The number of sulfonamides is 1. The van der Waals surface area contributed by atoms with Gasteiger partial charge in [0, 0.05) is 38.3 Å². The highest BCUT2D eigenvalue weighted by atomic mass is 35.5. The van der Waals surface area contributed by atoms with E-state index in [1.54, 1.807) is 6.07 Å². The Bertz CT molecular complexity index is 943. The number of rotatable bonds is 7. The maximum absolute atomic E-state index is 13.0. The molecule has 8 heteroatoms. The van der Waals surface area contributed by atoms with E-state index in [2.05, 4.69) is 22.3 Å². The fraction of sp³-hybridized carbons (Fsp3) is 0.381. The van der Waals surface area contributed by atoms with Gasteiger partial charge in [0.25, 0.3) is 5.91 Å². The SMILES string of the molecule is CN1CCN(S(=O)(=O)c2cc(C(=O)NCCCc3ccccc3)ccc2Cl)CC1. The molecule has 0 unspecified atom stereocenters. The van der Waals surface area contributed by atoms with Crippen LogP contribution in [0.4, 0.5) is 0 Å². The quantitative estimate of drug-likeness (QED) is 0.679. The molecule has 1 fully saturated rings. The van der Waals surface area contributed by atoms with Crippen LogP contribution in [0.25, 0.3) is 0 Å². The van der Waals surface area contributed by atoms with Crippen LogP contribution in [-0.2, 0) is 16.4 Å². The van der Waals surface area contributed by atoms with Gasteiger partial charge in [0.1, 0.15) is 4.90 Å². The van der Waals surface area contributed by atoms with Crippen molar-refractivity contribution in [2.24, 2.45) is 0 Å². The second kappa shape index (κ2) is 9.71. The molecule has 0 saturated carbocycles. The van der Waals surface area contributed by atoms with Gasteiger partial charge in [0.05, 0.1) is 5.02 Å². The fourth-order valence-corrected chi connectivity index (χ4v) is 5.17. The zero-order valence-corrected chi connectivity index (χ0v) is 18.0. The first-order valence-electron chi connectivity index (χ1n) is 9.68. The monoisotopic (exact) mass is 435 g/mol. The molecule has 1 amide bonds. The third kappa shape index (κ3) is 5.57. The molecule has 1 aliphatic rings. The number of hydrogen-bond donors (Lipinski definition) is 1.